The molecule has 1 fully saturated rings. The van der Waals surface area contributed by atoms with Gasteiger partial charge in [-0.15, -0.1) is 11.3 Å². The van der Waals surface area contributed by atoms with Crippen LogP contribution in [0.15, 0.2) is 17.5 Å². The predicted molar refractivity (Wildman–Crippen MR) is 146 cm³/mol. The van der Waals surface area contributed by atoms with Crippen molar-refractivity contribution < 1.29 is 32.6 Å². The van der Waals surface area contributed by atoms with Crippen LogP contribution in [0.2, 0.25) is 0 Å². The molecule has 0 unspecified atom stereocenters. The van der Waals surface area contributed by atoms with Gasteiger partial charge in [-0.05, 0) is 49.1 Å². The fourth-order valence-corrected chi connectivity index (χ4v) is 4.93. The van der Waals surface area contributed by atoms with Gasteiger partial charge in [0.1, 0.15) is 12.9 Å². The number of nitrogens with one attached hydrogen (secondary N) is 2. The molecule has 1 aliphatic heterocycles. The second-order valence-corrected chi connectivity index (χ2v) is 11.6. The van der Waals surface area contributed by atoms with E-state index in [-0.39, 0.29) is 43.4 Å². The quantitative estimate of drug-likeness (QED) is 0.246. The zero-order valence-corrected chi connectivity index (χ0v) is 23.7. The molecule has 1 aliphatic rings. The number of benzene rings is 1. The molecule has 1 atom stereocenters. The fourth-order valence-electron chi connectivity index (χ4n) is 4.12. The highest BCUT2D eigenvalue weighted by molar-refractivity contribution is 7.09. The molecule has 3 rings (SSSR count). The van der Waals surface area contributed by atoms with Crippen molar-refractivity contribution in [1.29, 1.82) is 0 Å². The van der Waals surface area contributed by atoms with Crippen molar-refractivity contribution in [3.63, 3.8) is 0 Å². The van der Waals surface area contributed by atoms with Gasteiger partial charge in [0.25, 0.3) is 0 Å². The summed E-state index contributed by atoms with van der Waals surface area (Å²) in [5.74, 6) is -1.88. The van der Waals surface area contributed by atoms with Gasteiger partial charge in [-0.2, -0.15) is 4.39 Å². The van der Waals surface area contributed by atoms with E-state index in [1.165, 1.54) is 17.4 Å². The SMILES string of the molecule is CC(C)(C)[C@@H](C=O)NC(=O)CNCCOCCOc1c(-c2csc(CCC3CCOCC3)n2)ccc(F)c1F. The van der Waals surface area contributed by atoms with Crippen LogP contribution in [0.1, 0.15) is 45.0 Å². The van der Waals surface area contributed by atoms with Gasteiger partial charge in [0.15, 0.2) is 11.6 Å². The van der Waals surface area contributed by atoms with Crippen LogP contribution in [-0.2, 0) is 25.5 Å². The standard InChI is InChI=1S/C28H39F2N3O5S/c1-28(2,3)23(17-34)33-24(35)16-31-10-13-37-14-15-38-27-20(5-6-21(29)26(27)30)22-18-39-25(32-22)7-4-19-8-11-36-12-9-19/h5-6,17-19,23,31H,4,7-16H2,1-3H3,(H,33,35)/t23-/m1/s1. The van der Waals surface area contributed by atoms with Crippen LogP contribution in [0.4, 0.5) is 8.78 Å². The Morgan fingerprint density at radius 2 is 2.00 bits per heavy atom. The Bertz CT molecular complexity index is 1070. The lowest BCUT2D eigenvalue weighted by Gasteiger charge is -2.26. The lowest BCUT2D eigenvalue weighted by molar-refractivity contribution is -0.124. The van der Waals surface area contributed by atoms with E-state index >= 15 is 0 Å². The molecule has 1 aromatic carbocycles. The average molecular weight is 568 g/mol. The summed E-state index contributed by atoms with van der Waals surface area (Å²) < 4.78 is 45.1. The first-order chi connectivity index (χ1) is 18.7. The highest BCUT2D eigenvalue weighted by Gasteiger charge is 2.25. The maximum absolute atomic E-state index is 14.6. The molecule has 0 bridgehead atoms. The lowest BCUT2D eigenvalue weighted by atomic mass is 9.88. The van der Waals surface area contributed by atoms with Gasteiger partial charge in [-0.1, -0.05) is 20.8 Å². The zero-order valence-electron chi connectivity index (χ0n) is 22.9. The van der Waals surface area contributed by atoms with Gasteiger partial charge in [0.05, 0.1) is 36.5 Å². The molecule has 2 aromatic rings. The Hall–Kier alpha value is -2.47. The minimum Gasteiger partial charge on any atom is -0.487 e. The number of aldehydes is 1. The maximum Gasteiger partial charge on any atom is 0.234 e. The maximum atomic E-state index is 14.6. The Morgan fingerprint density at radius 3 is 2.72 bits per heavy atom. The van der Waals surface area contributed by atoms with Crippen LogP contribution in [0, 0.1) is 23.0 Å². The number of ether oxygens (including phenoxy) is 3. The van der Waals surface area contributed by atoms with Crippen LogP contribution in [0.3, 0.4) is 0 Å². The number of carbonyl (C=O) groups is 2. The minimum absolute atomic E-state index is 0.0151. The molecular formula is C28H39F2N3O5S. The molecule has 0 radical (unpaired) electrons. The van der Waals surface area contributed by atoms with Crippen LogP contribution in [0.25, 0.3) is 11.3 Å². The van der Waals surface area contributed by atoms with E-state index in [1.54, 1.807) is 0 Å². The molecule has 2 N–H and O–H groups in total. The van der Waals surface area contributed by atoms with E-state index in [2.05, 4.69) is 15.6 Å². The number of aromatic nitrogens is 1. The van der Waals surface area contributed by atoms with Crippen molar-refractivity contribution in [2.45, 2.75) is 52.5 Å². The number of halogens is 2. The van der Waals surface area contributed by atoms with E-state index in [0.29, 0.717) is 23.7 Å². The van der Waals surface area contributed by atoms with Crippen molar-refractivity contribution in [3.05, 3.63) is 34.2 Å². The number of aryl methyl sites for hydroxylation is 1. The van der Waals surface area contributed by atoms with E-state index < -0.39 is 17.7 Å². The van der Waals surface area contributed by atoms with Gasteiger partial charge >= 0.3 is 0 Å². The number of nitrogens with zero attached hydrogens (tertiary/aromatic N) is 1. The number of amides is 1. The van der Waals surface area contributed by atoms with E-state index in [0.717, 1.165) is 56.3 Å². The number of hydrogen-bond donors (Lipinski definition) is 2. The Morgan fingerprint density at radius 1 is 1.23 bits per heavy atom. The van der Waals surface area contributed by atoms with Crippen molar-refractivity contribution in [2.75, 3.05) is 46.1 Å². The molecule has 1 aromatic heterocycles. The first kappa shape index (κ1) is 31.1. The normalized spacial score (nSPS) is 15.2. The lowest BCUT2D eigenvalue weighted by Crippen LogP contribution is -2.47. The van der Waals surface area contributed by atoms with Crippen LogP contribution in [-0.4, -0.2) is 69.3 Å². The summed E-state index contributed by atoms with van der Waals surface area (Å²) in [5.41, 5.74) is 0.593. The van der Waals surface area contributed by atoms with Crippen LogP contribution >= 0.6 is 11.3 Å². The Labute approximate surface area is 232 Å². The third kappa shape index (κ3) is 9.90. The number of rotatable bonds is 15. The summed E-state index contributed by atoms with van der Waals surface area (Å²) in [6, 6.07) is 1.99. The molecule has 0 aliphatic carbocycles. The highest BCUT2D eigenvalue weighted by Crippen LogP contribution is 2.35. The Kier molecular flexibility index (Phi) is 12.2. The molecule has 1 saturated heterocycles. The summed E-state index contributed by atoms with van der Waals surface area (Å²) in [6.45, 7) is 8.12. The average Bonchev–Trinajstić information content (AvgIpc) is 3.38. The van der Waals surface area contributed by atoms with Gasteiger partial charge in [-0.3, -0.25) is 4.79 Å². The predicted octanol–water partition coefficient (Wildman–Crippen LogP) is 4.16. The van der Waals surface area contributed by atoms with E-state index in [9.17, 15) is 18.4 Å². The minimum atomic E-state index is -1.05. The molecule has 1 amide bonds. The molecule has 0 saturated carbocycles. The third-order valence-electron chi connectivity index (χ3n) is 6.55. The monoisotopic (exact) mass is 567 g/mol. The fraction of sp³-hybridized carbons (Fsp3) is 0.607. The van der Waals surface area contributed by atoms with Gasteiger partial charge < -0.3 is 29.6 Å². The molecule has 11 heteroatoms. The highest BCUT2D eigenvalue weighted by atomic mass is 32.1. The molecule has 216 valence electrons. The summed E-state index contributed by atoms with van der Waals surface area (Å²) in [5, 5.41) is 8.42. The number of hydrogen-bond acceptors (Lipinski definition) is 8. The molecule has 2 heterocycles. The first-order valence-corrected chi connectivity index (χ1v) is 14.2. The van der Waals surface area contributed by atoms with Crippen molar-refractivity contribution in [3.8, 4) is 17.0 Å². The topological polar surface area (TPSA) is 98.8 Å². The van der Waals surface area contributed by atoms with Crippen molar-refractivity contribution in [2.24, 2.45) is 11.3 Å². The summed E-state index contributed by atoms with van der Waals surface area (Å²) in [6.07, 6.45) is 4.73. The molecule has 0 spiro atoms. The van der Waals surface area contributed by atoms with Crippen LogP contribution < -0.4 is 15.4 Å². The summed E-state index contributed by atoms with van der Waals surface area (Å²) >= 11 is 1.51. The van der Waals surface area contributed by atoms with Gasteiger partial charge in [0.2, 0.25) is 11.7 Å². The van der Waals surface area contributed by atoms with E-state index in [4.69, 9.17) is 14.2 Å². The first-order valence-electron chi connectivity index (χ1n) is 13.4. The van der Waals surface area contributed by atoms with E-state index in [1.807, 2.05) is 26.2 Å². The molecule has 8 nitrogen and oxygen atoms in total. The largest absolute Gasteiger partial charge is 0.487 e. The molecular weight excluding hydrogens is 528 g/mol. The second-order valence-electron chi connectivity index (χ2n) is 10.6. The van der Waals surface area contributed by atoms with Crippen molar-refractivity contribution in [1.82, 2.24) is 15.6 Å². The van der Waals surface area contributed by atoms with Crippen molar-refractivity contribution >= 4 is 23.5 Å². The summed E-state index contributed by atoms with van der Waals surface area (Å²) in [7, 11) is 0. The number of carbonyl (C=O) groups excluding carboxylic acids is 2. The number of thiazole rings is 1. The van der Waals surface area contributed by atoms with Crippen LogP contribution in [0.5, 0.6) is 5.75 Å². The third-order valence-corrected chi connectivity index (χ3v) is 7.46. The Balaban J connectivity index is 1.41. The smallest absolute Gasteiger partial charge is 0.234 e. The second kappa shape index (κ2) is 15.4. The molecule has 39 heavy (non-hydrogen) atoms. The van der Waals surface area contributed by atoms with Gasteiger partial charge in [-0.25, -0.2) is 9.37 Å². The zero-order chi connectivity index (χ0) is 28.3. The van der Waals surface area contributed by atoms with Gasteiger partial charge in [0, 0.05) is 30.7 Å². The summed E-state index contributed by atoms with van der Waals surface area (Å²) in [4.78, 5) is 27.8.